The second-order valence-electron chi connectivity index (χ2n) is 5.30. The van der Waals surface area contributed by atoms with Gasteiger partial charge < -0.3 is 15.5 Å². The zero-order chi connectivity index (χ0) is 13.9. The third kappa shape index (κ3) is 2.37. The minimum Gasteiger partial charge on any atom is -0.508 e. The molecule has 0 amide bonds. The van der Waals surface area contributed by atoms with Crippen molar-refractivity contribution < 1.29 is 10.2 Å². The number of phenolic OH excluding ortho intramolecular Hbond substituents is 2. The van der Waals surface area contributed by atoms with Crippen LogP contribution < -0.4 is 5.32 Å². The maximum Gasteiger partial charge on any atom is 0.119 e. The second-order valence-corrected chi connectivity index (χ2v) is 5.30. The third-order valence-electron chi connectivity index (χ3n) is 4.04. The zero-order valence-electron chi connectivity index (χ0n) is 11.3. The second kappa shape index (κ2) is 5.55. The first-order valence-electron chi connectivity index (χ1n) is 7.06. The molecule has 0 saturated carbocycles. The predicted octanol–water partition coefficient (Wildman–Crippen LogP) is 2.98. The molecular formula is C17H19NO2. The van der Waals surface area contributed by atoms with Gasteiger partial charge in [0.1, 0.15) is 11.5 Å². The van der Waals surface area contributed by atoms with Crippen LogP contribution in [0.4, 0.5) is 0 Å². The minimum absolute atomic E-state index is 0.0279. The van der Waals surface area contributed by atoms with Gasteiger partial charge in [-0.1, -0.05) is 36.4 Å². The first kappa shape index (κ1) is 13.0. The lowest BCUT2D eigenvalue weighted by Crippen LogP contribution is -2.29. The van der Waals surface area contributed by atoms with E-state index in [-0.39, 0.29) is 23.5 Å². The monoisotopic (exact) mass is 269 g/mol. The fourth-order valence-corrected chi connectivity index (χ4v) is 3.10. The lowest BCUT2D eigenvalue weighted by Gasteiger charge is -2.26. The predicted molar refractivity (Wildman–Crippen MR) is 79.1 cm³/mol. The van der Waals surface area contributed by atoms with Crippen LogP contribution in [0.15, 0.2) is 48.5 Å². The fraction of sp³-hybridized carbons (Fsp3) is 0.294. The first-order chi connectivity index (χ1) is 9.77. The van der Waals surface area contributed by atoms with Gasteiger partial charge in [-0.3, -0.25) is 0 Å². The van der Waals surface area contributed by atoms with Crippen molar-refractivity contribution >= 4 is 0 Å². The fourth-order valence-electron chi connectivity index (χ4n) is 3.10. The van der Waals surface area contributed by atoms with Crippen molar-refractivity contribution in [2.24, 2.45) is 0 Å². The number of hydrogen-bond acceptors (Lipinski definition) is 3. The minimum atomic E-state index is -0.0279. The smallest absolute Gasteiger partial charge is 0.119 e. The molecule has 0 bridgehead atoms. The molecule has 0 unspecified atom stereocenters. The summed E-state index contributed by atoms with van der Waals surface area (Å²) < 4.78 is 0. The van der Waals surface area contributed by atoms with E-state index in [1.165, 1.54) is 0 Å². The van der Waals surface area contributed by atoms with Gasteiger partial charge in [0.2, 0.25) is 0 Å². The first-order valence-corrected chi connectivity index (χ1v) is 7.06. The summed E-state index contributed by atoms with van der Waals surface area (Å²) in [4.78, 5) is 0. The van der Waals surface area contributed by atoms with Crippen molar-refractivity contribution in [1.29, 1.82) is 0 Å². The van der Waals surface area contributed by atoms with Crippen molar-refractivity contribution in [3.63, 3.8) is 0 Å². The molecule has 2 aromatic rings. The van der Waals surface area contributed by atoms with Gasteiger partial charge in [0.05, 0.1) is 0 Å². The molecule has 3 heteroatoms. The quantitative estimate of drug-likeness (QED) is 0.803. The lowest BCUT2D eigenvalue weighted by molar-refractivity contribution is 0.435. The highest BCUT2D eigenvalue weighted by Crippen LogP contribution is 2.39. The molecule has 1 saturated heterocycles. The maximum atomic E-state index is 10.2. The van der Waals surface area contributed by atoms with Crippen LogP contribution in [-0.4, -0.2) is 22.8 Å². The molecule has 0 aromatic heterocycles. The molecule has 3 rings (SSSR count). The zero-order valence-corrected chi connectivity index (χ0v) is 11.3. The van der Waals surface area contributed by atoms with E-state index in [0.29, 0.717) is 0 Å². The number of benzene rings is 2. The summed E-state index contributed by atoms with van der Waals surface area (Å²) in [5, 5.41) is 23.9. The Hall–Kier alpha value is -2.00. The Morgan fingerprint density at radius 3 is 1.90 bits per heavy atom. The van der Waals surface area contributed by atoms with Crippen LogP contribution in [0, 0.1) is 0 Å². The van der Waals surface area contributed by atoms with Gasteiger partial charge >= 0.3 is 0 Å². The van der Waals surface area contributed by atoms with Crippen LogP contribution >= 0.6 is 0 Å². The van der Waals surface area contributed by atoms with E-state index in [2.05, 4.69) is 5.32 Å². The number of aromatic hydroxyl groups is 2. The molecule has 0 aliphatic carbocycles. The van der Waals surface area contributed by atoms with E-state index in [9.17, 15) is 10.2 Å². The SMILES string of the molecule is Oc1ccccc1C(c1ccccc1O)[C@@H]1CCCN1. The van der Waals surface area contributed by atoms with Crippen LogP contribution in [0.1, 0.15) is 29.9 Å². The van der Waals surface area contributed by atoms with E-state index in [1.54, 1.807) is 12.1 Å². The molecule has 104 valence electrons. The van der Waals surface area contributed by atoms with Crippen LogP contribution in [-0.2, 0) is 0 Å². The number of rotatable bonds is 3. The van der Waals surface area contributed by atoms with Crippen LogP contribution in [0.25, 0.3) is 0 Å². The van der Waals surface area contributed by atoms with E-state index in [1.807, 2.05) is 36.4 Å². The topological polar surface area (TPSA) is 52.5 Å². The number of phenols is 2. The molecule has 20 heavy (non-hydrogen) atoms. The Labute approximate surface area is 118 Å². The normalized spacial score (nSPS) is 18.6. The van der Waals surface area contributed by atoms with Gasteiger partial charge in [-0.25, -0.2) is 0 Å². The van der Waals surface area contributed by atoms with Crippen molar-refractivity contribution in [3.05, 3.63) is 59.7 Å². The number of para-hydroxylation sites is 2. The summed E-state index contributed by atoms with van der Waals surface area (Å²) in [6, 6.07) is 15.0. The standard InChI is InChI=1S/C17H19NO2/c19-15-9-3-1-6-12(15)17(14-8-5-11-18-14)13-7-2-4-10-16(13)20/h1-4,6-7,9-10,14,17-20H,5,8,11H2/t14-/m0/s1. The Morgan fingerprint density at radius 1 is 0.900 bits per heavy atom. The number of nitrogens with one attached hydrogen (secondary N) is 1. The van der Waals surface area contributed by atoms with Crippen molar-refractivity contribution in [1.82, 2.24) is 5.32 Å². The van der Waals surface area contributed by atoms with Gasteiger partial charge in [-0.05, 0) is 31.5 Å². The molecule has 1 aliphatic heterocycles. The summed E-state index contributed by atoms with van der Waals surface area (Å²) in [5.41, 5.74) is 1.74. The summed E-state index contributed by atoms with van der Waals surface area (Å²) in [6.45, 7) is 0.988. The summed E-state index contributed by atoms with van der Waals surface area (Å²) in [7, 11) is 0. The van der Waals surface area contributed by atoms with Crippen molar-refractivity contribution in [2.75, 3.05) is 6.54 Å². The molecule has 2 aromatic carbocycles. The van der Waals surface area contributed by atoms with E-state index in [0.717, 1.165) is 30.5 Å². The third-order valence-corrected chi connectivity index (χ3v) is 4.04. The molecule has 1 fully saturated rings. The molecule has 1 heterocycles. The summed E-state index contributed by atoms with van der Waals surface area (Å²) in [5.74, 6) is 0.545. The highest BCUT2D eigenvalue weighted by molar-refractivity contribution is 5.47. The molecule has 1 aliphatic rings. The van der Waals surface area contributed by atoms with Gasteiger partial charge in [-0.2, -0.15) is 0 Å². The van der Waals surface area contributed by atoms with Gasteiger partial charge in [0.25, 0.3) is 0 Å². The molecule has 0 radical (unpaired) electrons. The Kier molecular flexibility index (Phi) is 3.61. The van der Waals surface area contributed by atoms with Gasteiger partial charge in [0.15, 0.2) is 0 Å². The Morgan fingerprint density at radius 2 is 1.45 bits per heavy atom. The molecule has 3 N–H and O–H groups in total. The highest BCUT2D eigenvalue weighted by Gasteiger charge is 2.30. The Bertz CT molecular complexity index is 546. The van der Waals surface area contributed by atoms with Crippen LogP contribution in [0.3, 0.4) is 0 Å². The van der Waals surface area contributed by atoms with E-state index < -0.39 is 0 Å². The lowest BCUT2D eigenvalue weighted by atomic mass is 9.83. The van der Waals surface area contributed by atoms with Gasteiger partial charge in [0, 0.05) is 23.1 Å². The molecule has 1 atom stereocenters. The average molecular weight is 269 g/mol. The average Bonchev–Trinajstić information content (AvgIpc) is 2.97. The van der Waals surface area contributed by atoms with Gasteiger partial charge in [-0.15, -0.1) is 0 Å². The number of hydrogen-bond donors (Lipinski definition) is 3. The van der Waals surface area contributed by atoms with Crippen LogP contribution in [0.5, 0.6) is 11.5 Å². The maximum absolute atomic E-state index is 10.2. The molecular weight excluding hydrogens is 250 g/mol. The highest BCUT2D eigenvalue weighted by atomic mass is 16.3. The van der Waals surface area contributed by atoms with Crippen molar-refractivity contribution in [2.45, 2.75) is 24.8 Å². The van der Waals surface area contributed by atoms with Crippen LogP contribution in [0.2, 0.25) is 0 Å². The largest absolute Gasteiger partial charge is 0.508 e. The van der Waals surface area contributed by atoms with E-state index in [4.69, 9.17) is 0 Å². The summed E-state index contributed by atoms with van der Waals surface area (Å²) in [6.07, 6.45) is 2.18. The Balaban J connectivity index is 2.09. The molecule has 0 spiro atoms. The summed E-state index contributed by atoms with van der Waals surface area (Å²) >= 11 is 0. The van der Waals surface area contributed by atoms with E-state index >= 15 is 0 Å². The molecule has 3 nitrogen and oxygen atoms in total. The van der Waals surface area contributed by atoms with Crippen molar-refractivity contribution in [3.8, 4) is 11.5 Å².